The van der Waals surface area contributed by atoms with E-state index in [0.717, 1.165) is 16.4 Å². The lowest BCUT2D eigenvalue weighted by Crippen LogP contribution is -1.96. The number of carbonyl (C=O) groups is 1. The third-order valence-corrected chi connectivity index (χ3v) is 3.55. The van der Waals surface area contributed by atoms with Gasteiger partial charge in [0.15, 0.2) is 6.29 Å². The molecule has 0 N–H and O–H groups in total. The zero-order chi connectivity index (χ0) is 13.9. The number of para-hydroxylation sites is 1. The van der Waals surface area contributed by atoms with Crippen molar-refractivity contribution >= 4 is 22.2 Å². The maximum Gasteiger partial charge on any atom is 0.153 e. The van der Waals surface area contributed by atoms with Crippen LogP contribution in [0.2, 0.25) is 0 Å². The Balaban J connectivity index is 2.15. The van der Waals surface area contributed by atoms with Crippen LogP contribution in [0.1, 0.15) is 10.4 Å². The lowest BCUT2D eigenvalue weighted by Gasteiger charge is -2.03. The van der Waals surface area contributed by atoms with Gasteiger partial charge in [-0.05, 0) is 40.2 Å². The van der Waals surface area contributed by atoms with E-state index < -0.39 is 0 Å². The number of benzene rings is 1. The Labute approximate surface area is 124 Å². The smallest absolute Gasteiger partial charge is 0.153 e. The highest BCUT2D eigenvalue weighted by Gasteiger charge is 2.13. The van der Waals surface area contributed by atoms with Crippen molar-refractivity contribution in [1.29, 1.82) is 0 Å². The lowest BCUT2D eigenvalue weighted by atomic mass is 10.2. The van der Waals surface area contributed by atoms with Gasteiger partial charge in [0.1, 0.15) is 5.69 Å². The summed E-state index contributed by atoms with van der Waals surface area (Å²) in [5.74, 6) is 0. The van der Waals surface area contributed by atoms with E-state index in [0.29, 0.717) is 17.0 Å². The molecule has 5 heteroatoms. The quantitative estimate of drug-likeness (QED) is 0.691. The van der Waals surface area contributed by atoms with Gasteiger partial charge in [-0.25, -0.2) is 4.68 Å². The lowest BCUT2D eigenvalue weighted by molar-refractivity contribution is 0.112. The van der Waals surface area contributed by atoms with Gasteiger partial charge >= 0.3 is 0 Å². The van der Waals surface area contributed by atoms with Crippen molar-refractivity contribution in [3.8, 4) is 17.1 Å². The Hall–Kier alpha value is -2.27. The van der Waals surface area contributed by atoms with Crippen molar-refractivity contribution in [2.24, 2.45) is 0 Å². The number of pyridine rings is 1. The molecule has 0 spiro atoms. The molecule has 0 radical (unpaired) electrons. The third-order valence-electron chi connectivity index (χ3n) is 2.88. The monoisotopic (exact) mass is 327 g/mol. The van der Waals surface area contributed by atoms with Crippen molar-refractivity contribution in [3.05, 3.63) is 64.9 Å². The molecule has 98 valence electrons. The van der Waals surface area contributed by atoms with Crippen molar-refractivity contribution in [3.63, 3.8) is 0 Å². The van der Waals surface area contributed by atoms with Gasteiger partial charge < -0.3 is 0 Å². The van der Waals surface area contributed by atoms with Gasteiger partial charge in [-0.3, -0.25) is 9.78 Å². The first-order valence-electron chi connectivity index (χ1n) is 6.01. The van der Waals surface area contributed by atoms with Crippen molar-refractivity contribution < 1.29 is 4.79 Å². The molecule has 3 aromatic rings. The fraction of sp³-hybridized carbons (Fsp3) is 0. The number of nitrogens with zero attached hydrogens (tertiary/aromatic N) is 3. The second kappa shape index (κ2) is 5.38. The maximum atomic E-state index is 11.2. The van der Waals surface area contributed by atoms with Gasteiger partial charge in [-0.15, -0.1) is 0 Å². The van der Waals surface area contributed by atoms with Gasteiger partial charge in [0.05, 0.1) is 16.9 Å². The summed E-state index contributed by atoms with van der Waals surface area (Å²) in [5, 5.41) is 4.48. The van der Waals surface area contributed by atoms with Crippen LogP contribution in [0.3, 0.4) is 0 Å². The van der Waals surface area contributed by atoms with Crippen LogP contribution >= 0.6 is 15.9 Å². The van der Waals surface area contributed by atoms with Crippen molar-refractivity contribution in [2.45, 2.75) is 0 Å². The number of aromatic nitrogens is 3. The molecule has 0 aliphatic heterocycles. The maximum absolute atomic E-state index is 11.2. The van der Waals surface area contributed by atoms with Crippen molar-refractivity contribution in [2.75, 3.05) is 0 Å². The average Bonchev–Trinajstić information content (AvgIpc) is 2.92. The van der Waals surface area contributed by atoms with Crippen LogP contribution in [0, 0.1) is 0 Å². The van der Waals surface area contributed by atoms with E-state index in [9.17, 15) is 4.79 Å². The van der Waals surface area contributed by atoms with E-state index in [1.807, 2.05) is 42.5 Å². The Morgan fingerprint density at radius 3 is 2.60 bits per heavy atom. The molecule has 1 aromatic carbocycles. The van der Waals surface area contributed by atoms with E-state index in [-0.39, 0.29) is 0 Å². The molecule has 0 bridgehead atoms. The fourth-order valence-corrected chi connectivity index (χ4v) is 2.40. The molecule has 0 aliphatic rings. The Bertz CT molecular complexity index is 753. The van der Waals surface area contributed by atoms with Crippen LogP contribution in [-0.2, 0) is 0 Å². The summed E-state index contributed by atoms with van der Waals surface area (Å²) < 4.78 is 2.59. The van der Waals surface area contributed by atoms with Crippen LogP contribution in [0.15, 0.2) is 59.3 Å². The Kier molecular flexibility index (Phi) is 3.43. The van der Waals surface area contributed by atoms with Crippen LogP contribution in [0.5, 0.6) is 0 Å². The second-order valence-electron chi connectivity index (χ2n) is 4.16. The van der Waals surface area contributed by atoms with E-state index in [4.69, 9.17) is 0 Å². The Morgan fingerprint density at radius 2 is 1.90 bits per heavy atom. The largest absolute Gasteiger partial charge is 0.298 e. The number of aldehydes is 1. The van der Waals surface area contributed by atoms with Crippen molar-refractivity contribution in [1.82, 2.24) is 14.8 Å². The minimum atomic E-state index is 0.513. The first kappa shape index (κ1) is 12.7. The summed E-state index contributed by atoms with van der Waals surface area (Å²) in [6.45, 7) is 0. The second-order valence-corrected chi connectivity index (χ2v) is 5.02. The highest BCUT2D eigenvalue weighted by Crippen LogP contribution is 2.24. The van der Waals surface area contributed by atoms with E-state index in [1.165, 1.54) is 0 Å². The summed E-state index contributed by atoms with van der Waals surface area (Å²) in [5.41, 5.74) is 2.65. The van der Waals surface area contributed by atoms with Crippen LogP contribution < -0.4 is 0 Å². The number of hydrogen-bond donors (Lipinski definition) is 0. The highest BCUT2D eigenvalue weighted by molar-refractivity contribution is 9.10. The van der Waals surface area contributed by atoms with Gasteiger partial charge in [0.2, 0.25) is 0 Å². The molecule has 0 saturated heterocycles. The third kappa shape index (κ3) is 2.28. The van der Waals surface area contributed by atoms with Crippen LogP contribution in [-0.4, -0.2) is 21.1 Å². The molecule has 2 aromatic heterocycles. The molecule has 0 amide bonds. The highest BCUT2D eigenvalue weighted by atomic mass is 79.9. The molecular weight excluding hydrogens is 318 g/mol. The van der Waals surface area contributed by atoms with Crippen LogP contribution in [0.4, 0.5) is 0 Å². The zero-order valence-electron chi connectivity index (χ0n) is 10.4. The average molecular weight is 328 g/mol. The molecule has 0 saturated carbocycles. The minimum absolute atomic E-state index is 0.513. The summed E-state index contributed by atoms with van der Waals surface area (Å²) in [4.78, 5) is 15.5. The molecule has 2 heterocycles. The summed E-state index contributed by atoms with van der Waals surface area (Å²) in [6, 6.07) is 13.2. The molecule has 0 fully saturated rings. The summed E-state index contributed by atoms with van der Waals surface area (Å²) in [6.07, 6.45) is 4.18. The molecular formula is C15H10BrN3O. The van der Waals surface area contributed by atoms with E-state index in [2.05, 4.69) is 26.0 Å². The standard InChI is InChI=1S/C15H10BrN3O/c16-12-5-1-2-7-14(12)19-9-11(10-20)15(18-19)13-6-3-4-8-17-13/h1-10H. The molecule has 0 aliphatic carbocycles. The normalized spacial score (nSPS) is 10.4. The molecule has 0 unspecified atom stereocenters. The predicted molar refractivity (Wildman–Crippen MR) is 79.9 cm³/mol. The van der Waals surface area contributed by atoms with Crippen LogP contribution in [0.25, 0.3) is 17.1 Å². The molecule has 4 nitrogen and oxygen atoms in total. The number of hydrogen-bond acceptors (Lipinski definition) is 3. The number of carbonyl (C=O) groups excluding carboxylic acids is 1. The first-order chi connectivity index (χ1) is 9.79. The van der Waals surface area contributed by atoms with E-state index >= 15 is 0 Å². The number of halogens is 1. The Morgan fingerprint density at radius 1 is 1.10 bits per heavy atom. The van der Waals surface area contributed by atoms with Gasteiger partial charge in [0, 0.05) is 16.9 Å². The summed E-state index contributed by atoms with van der Waals surface area (Å²) >= 11 is 3.48. The van der Waals surface area contributed by atoms with Gasteiger partial charge in [-0.1, -0.05) is 18.2 Å². The first-order valence-corrected chi connectivity index (χ1v) is 6.80. The zero-order valence-corrected chi connectivity index (χ0v) is 12.0. The molecule has 0 atom stereocenters. The fourth-order valence-electron chi connectivity index (χ4n) is 1.94. The van der Waals surface area contributed by atoms with E-state index in [1.54, 1.807) is 17.1 Å². The molecule has 20 heavy (non-hydrogen) atoms. The minimum Gasteiger partial charge on any atom is -0.298 e. The summed E-state index contributed by atoms with van der Waals surface area (Å²) in [7, 11) is 0. The van der Waals surface area contributed by atoms with Gasteiger partial charge in [-0.2, -0.15) is 5.10 Å². The van der Waals surface area contributed by atoms with Gasteiger partial charge in [0.25, 0.3) is 0 Å². The molecule has 3 rings (SSSR count). The number of rotatable bonds is 3. The topological polar surface area (TPSA) is 47.8 Å². The predicted octanol–water partition coefficient (Wildman–Crippen LogP) is 3.51. The SMILES string of the molecule is O=Cc1cn(-c2ccccc2Br)nc1-c1ccccn1.